The maximum Gasteiger partial charge on any atom is 0.0465 e. The molecule has 0 amide bonds. The van der Waals surface area contributed by atoms with Crippen LogP contribution in [0.5, 0.6) is 0 Å². The maximum absolute atomic E-state index is 8.61. The van der Waals surface area contributed by atoms with E-state index in [9.17, 15) is 0 Å². The molecular weight excluding hydrogens is 256 g/mol. The van der Waals surface area contributed by atoms with Crippen molar-refractivity contribution in [3.05, 3.63) is 12.2 Å². The van der Waals surface area contributed by atoms with Crippen molar-refractivity contribution in [1.29, 1.82) is 0 Å². The lowest BCUT2D eigenvalue weighted by Crippen LogP contribution is -1.83. The van der Waals surface area contributed by atoms with E-state index in [1.165, 1.54) is 77.0 Å². The van der Waals surface area contributed by atoms with Gasteiger partial charge in [0.2, 0.25) is 0 Å². The Kier molecular flexibility index (Phi) is 18.0. The van der Waals surface area contributed by atoms with Crippen LogP contribution in [0.4, 0.5) is 0 Å². The first-order valence-corrected chi connectivity index (χ1v) is 8.77. The highest BCUT2D eigenvalue weighted by Crippen LogP contribution is 2.12. The lowest BCUT2D eigenvalue weighted by molar-refractivity contribution is 0.302. The lowest BCUT2D eigenvalue weighted by atomic mass is 10.1. The summed E-state index contributed by atoms with van der Waals surface area (Å²) in [7, 11) is 0. The molecule has 0 aliphatic rings. The highest BCUT2D eigenvalue weighted by Gasteiger charge is 1.93. The van der Waals surface area contributed by atoms with Gasteiger partial charge in [0.15, 0.2) is 0 Å². The third-order valence-corrected chi connectivity index (χ3v) is 3.73. The second kappa shape index (κ2) is 18.0. The second-order valence-corrected chi connectivity index (χ2v) is 5.73. The number of aliphatic hydroxyl groups is 1. The van der Waals surface area contributed by atoms with Crippen molar-refractivity contribution in [3.8, 4) is 0 Å². The number of aliphatic hydroxyl groups excluding tert-OH is 1. The molecule has 0 rings (SSSR count). The minimum absolute atomic E-state index is 0.280. The van der Waals surface area contributed by atoms with E-state index in [1.54, 1.807) is 0 Å². The van der Waals surface area contributed by atoms with Crippen LogP contribution in [0, 0.1) is 0 Å². The van der Waals surface area contributed by atoms with Crippen LogP contribution in [-0.4, -0.2) is 17.6 Å². The van der Waals surface area contributed by atoms with Gasteiger partial charge in [-0.15, -0.1) is 11.6 Å². The fourth-order valence-corrected chi connectivity index (χ4v) is 2.45. The average molecular weight is 289 g/mol. The Balaban J connectivity index is 2.95. The summed E-state index contributed by atoms with van der Waals surface area (Å²) in [5, 5.41) is 8.61. The molecule has 0 aliphatic heterocycles. The number of unbranched alkanes of at least 4 members (excludes halogenated alkanes) is 11. The monoisotopic (exact) mass is 288 g/mol. The van der Waals surface area contributed by atoms with Crippen molar-refractivity contribution in [2.45, 2.75) is 83.5 Å². The lowest BCUT2D eigenvalue weighted by Gasteiger charge is -2.02. The molecule has 1 nitrogen and oxygen atoms in total. The van der Waals surface area contributed by atoms with Gasteiger partial charge in [0.1, 0.15) is 0 Å². The molecule has 0 saturated carbocycles. The van der Waals surface area contributed by atoms with E-state index in [1.807, 2.05) is 0 Å². The minimum Gasteiger partial charge on any atom is -0.396 e. The van der Waals surface area contributed by atoms with Crippen LogP contribution in [0.1, 0.15) is 83.5 Å². The highest BCUT2D eigenvalue weighted by molar-refractivity contribution is 6.17. The van der Waals surface area contributed by atoms with E-state index in [2.05, 4.69) is 12.2 Å². The number of halogens is 1. The van der Waals surface area contributed by atoms with Gasteiger partial charge in [-0.25, -0.2) is 0 Å². The Hall–Kier alpha value is -0.0100. The highest BCUT2D eigenvalue weighted by atomic mass is 35.5. The Bertz CT molecular complexity index is 180. The summed E-state index contributed by atoms with van der Waals surface area (Å²) >= 11 is 5.64. The van der Waals surface area contributed by atoms with Crippen molar-refractivity contribution >= 4 is 11.6 Å². The maximum atomic E-state index is 8.61. The molecule has 0 atom stereocenters. The summed E-state index contributed by atoms with van der Waals surface area (Å²) in [5.41, 5.74) is 0. The first kappa shape index (κ1) is 19.0. The van der Waals surface area contributed by atoms with Gasteiger partial charge in [-0.3, -0.25) is 0 Å². The zero-order valence-electron chi connectivity index (χ0n) is 12.6. The summed E-state index contributed by atoms with van der Waals surface area (Å²) in [6.07, 6.45) is 21.2. The van der Waals surface area contributed by atoms with E-state index >= 15 is 0 Å². The number of hydrogen-bond acceptors (Lipinski definition) is 1. The summed E-state index contributed by atoms with van der Waals surface area (Å²) in [4.78, 5) is 0. The minimum atomic E-state index is 0.280. The van der Waals surface area contributed by atoms with Crippen LogP contribution in [0.15, 0.2) is 12.2 Å². The Morgan fingerprint density at radius 3 is 1.47 bits per heavy atom. The van der Waals surface area contributed by atoms with Gasteiger partial charge in [-0.05, 0) is 25.7 Å². The molecule has 0 saturated heterocycles. The van der Waals surface area contributed by atoms with Gasteiger partial charge in [0, 0.05) is 12.5 Å². The predicted octanol–water partition coefficient (Wildman–Crippen LogP) is 5.85. The molecule has 0 aromatic rings. The summed E-state index contributed by atoms with van der Waals surface area (Å²) in [6, 6.07) is 0. The van der Waals surface area contributed by atoms with E-state index in [-0.39, 0.29) is 6.61 Å². The molecule has 0 aromatic heterocycles. The number of alkyl halides is 1. The molecule has 0 heterocycles. The zero-order valence-corrected chi connectivity index (χ0v) is 13.3. The fraction of sp³-hybridized carbons (Fsp3) is 0.882. The summed E-state index contributed by atoms with van der Waals surface area (Å²) in [5.74, 6) is 0.829. The fourth-order valence-electron chi connectivity index (χ4n) is 2.26. The van der Waals surface area contributed by atoms with Crippen LogP contribution in [0.2, 0.25) is 0 Å². The van der Waals surface area contributed by atoms with Crippen molar-refractivity contribution < 1.29 is 5.11 Å². The molecule has 1 N–H and O–H groups in total. The summed E-state index contributed by atoms with van der Waals surface area (Å²) in [6.45, 7) is 0.280. The SMILES string of the molecule is OCC/C=C\CCCCCCCCCCCCCCl. The number of allylic oxidation sites excluding steroid dienone is 1. The largest absolute Gasteiger partial charge is 0.396 e. The van der Waals surface area contributed by atoms with E-state index in [0.29, 0.717) is 0 Å². The Labute approximate surface area is 125 Å². The van der Waals surface area contributed by atoms with Crippen molar-refractivity contribution in [1.82, 2.24) is 0 Å². The summed E-state index contributed by atoms with van der Waals surface area (Å²) < 4.78 is 0. The third kappa shape index (κ3) is 18.0. The third-order valence-electron chi connectivity index (χ3n) is 3.47. The van der Waals surface area contributed by atoms with E-state index in [4.69, 9.17) is 16.7 Å². The smallest absolute Gasteiger partial charge is 0.0465 e. The zero-order chi connectivity index (χ0) is 14.0. The first-order chi connectivity index (χ1) is 9.41. The standard InChI is InChI=1S/C17H33ClO/c18-16-14-12-10-8-6-4-2-1-3-5-7-9-11-13-15-17-19/h11,13,19H,1-10,12,14-17H2/b13-11-. The van der Waals surface area contributed by atoms with Gasteiger partial charge < -0.3 is 5.11 Å². The predicted molar refractivity (Wildman–Crippen MR) is 87.0 cm³/mol. The van der Waals surface area contributed by atoms with E-state index < -0.39 is 0 Å². The van der Waals surface area contributed by atoms with Crippen molar-refractivity contribution in [3.63, 3.8) is 0 Å². The van der Waals surface area contributed by atoms with Gasteiger partial charge in [-0.2, -0.15) is 0 Å². The molecule has 19 heavy (non-hydrogen) atoms. The first-order valence-electron chi connectivity index (χ1n) is 8.23. The molecule has 0 radical (unpaired) electrons. The molecule has 0 aromatic carbocycles. The molecule has 0 fully saturated rings. The van der Waals surface area contributed by atoms with Crippen LogP contribution in [0.3, 0.4) is 0 Å². The van der Waals surface area contributed by atoms with Gasteiger partial charge in [0.05, 0.1) is 0 Å². The van der Waals surface area contributed by atoms with Gasteiger partial charge >= 0.3 is 0 Å². The van der Waals surface area contributed by atoms with Crippen molar-refractivity contribution in [2.24, 2.45) is 0 Å². The molecule has 0 bridgehead atoms. The van der Waals surface area contributed by atoms with Crippen LogP contribution in [0.25, 0.3) is 0 Å². The second-order valence-electron chi connectivity index (χ2n) is 5.35. The van der Waals surface area contributed by atoms with E-state index in [0.717, 1.165) is 12.3 Å². The molecule has 114 valence electrons. The van der Waals surface area contributed by atoms with Gasteiger partial charge in [0.25, 0.3) is 0 Å². The Morgan fingerprint density at radius 1 is 0.579 bits per heavy atom. The molecular formula is C17H33ClO. The normalized spacial score (nSPS) is 11.5. The Morgan fingerprint density at radius 2 is 1.00 bits per heavy atom. The quantitative estimate of drug-likeness (QED) is 0.228. The van der Waals surface area contributed by atoms with Crippen LogP contribution >= 0.6 is 11.6 Å². The molecule has 0 aliphatic carbocycles. The van der Waals surface area contributed by atoms with Crippen molar-refractivity contribution in [2.75, 3.05) is 12.5 Å². The molecule has 0 unspecified atom stereocenters. The molecule has 2 heteroatoms. The number of hydrogen-bond donors (Lipinski definition) is 1. The van der Waals surface area contributed by atoms with Crippen LogP contribution in [-0.2, 0) is 0 Å². The van der Waals surface area contributed by atoms with Crippen LogP contribution < -0.4 is 0 Å². The molecule has 0 spiro atoms. The average Bonchev–Trinajstić information content (AvgIpc) is 2.43. The number of rotatable bonds is 15. The topological polar surface area (TPSA) is 20.2 Å². The van der Waals surface area contributed by atoms with Gasteiger partial charge in [-0.1, -0.05) is 69.9 Å².